The largest absolute Gasteiger partial charge is 0.495 e. The van der Waals surface area contributed by atoms with Crippen molar-refractivity contribution >= 4 is 23.4 Å². The zero-order chi connectivity index (χ0) is 18.5. The van der Waals surface area contributed by atoms with Crippen molar-refractivity contribution in [1.82, 2.24) is 4.90 Å². The number of benzene rings is 2. The van der Waals surface area contributed by atoms with E-state index in [9.17, 15) is 4.79 Å². The number of carbonyl (C=O) groups is 1. The monoisotopic (exact) mass is 370 g/mol. The fourth-order valence-electron chi connectivity index (χ4n) is 3.28. The summed E-state index contributed by atoms with van der Waals surface area (Å²) in [6, 6.07) is 14.4. The topological polar surface area (TPSA) is 32.8 Å². The van der Waals surface area contributed by atoms with E-state index >= 15 is 0 Å². The van der Waals surface area contributed by atoms with Crippen LogP contribution in [0.5, 0.6) is 5.75 Å². The highest BCUT2D eigenvalue weighted by Crippen LogP contribution is 2.29. The normalized spacial score (nSPS) is 14.4. The Bertz CT molecular complexity index is 770. The maximum Gasteiger partial charge on any atom is 0.233 e. The summed E-state index contributed by atoms with van der Waals surface area (Å²) >= 11 is 1.64. The van der Waals surface area contributed by atoms with Gasteiger partial charge in [-0.1, -0.05) is 29.8 Å². The molecule has 3 rings (SSSR count). The zero-order valence-electron chi connectivity index (χ0n) is 15.7. The molecular weight excluding hydrogens is 344 g/mol. The minimum absolute atomic E-state index is 0.217. The number of anilines is 1. The summed E-state index contributed by atoms with van der Waals surface area (Å²) in [6.45, 7) is 7.37. The first kappa shape index (κ1) is 18.6. The molecule has 5 heteroatoms. The van der Waals surface area contributed by atoms with Crippen molar-refractivity contribution in [3.8, 4) is 5.75 Å². The number of amides is 1. The van der Waals surface area contributed by atoms with Crippen molar-refractivity contribution in [1.29, 1.82) is 0 Å². The highest BCUT2D eigenvalue weighted by atomic mass is 32.2. The van der Waals surface area contributed by atoms with E-state index in [1.807, 2.05) is 23.1 Å². The van der Waals surface area contributed by atoms with Gasteiger partial charge in [0, 0.05) is 31.1 Å². The summed E-state index contributed by atoms with van der Waals surface area (Å²) in [5, 5.41) is 0. The standard InChI is InChI=1S/C21H26N2O2S/c1-16-8-9-20(17(2)14-16)26-15-21(24)23-12-10-22(11-13-23)18-6-4-5-7-19(18)25-3/h4-9,14H,10-13,15H2,1-3H3. The maximum atomic E-state index is 12.6. The molecule has 2 aromatic rings. The van der Waals surface area contributed by atoms with E-state index < -0.39 is 0 Å². The van der Waals surface area contributed by atoms with Gasteiger partial charge in [0.15, 0.2) is 0 Å². The van der Waals surface area contributed by atoms with E-state index in [0.717, 1.165) is 37.6 Å². The second-order valence-electron chi connectivity index (χ2n) is 6.60. The number of hydrogen-bond donors (Lipinski definition) is 0. The summed E-state index contributed by atoms with van der Waals surface area (Å²) in [7, 11) is 1.70. The van der Waals surface area contributed by atoms with Crippen LogP contribution in [-0.4, -0.2) is 49.8 Å². The third-order valence-corrected chi connectivity index (χ3v) is 5.90. The van der Waals surface area contributed by atoms with Gasteiger partial charge in [0.1, 0.15) is 5.75 Å². The van der Waals surface area contributed by atoms with Crippen LogP contribution in [0, 0.1) is 13.8 Å². The van der Waals surface area contributed by atoms with Crippen molar-refractivity contribution in [2.75, 3.05) is 43.9 Å². The first-order valence-electron chi connectivity index (χ1n) is 8.94. The Hall–Kier alpha value is -2.14. The van der Waals surface area contributed by atoms with Crippen LogP contribution in [0.1, 0.15) is 11.1 Å². The lowest BCUT2D eigenvalue weighted by Gasteiger charge is -2.36. The van der Waals surface area contributed by atoms with Crippen LogP contribution in [0.4, 0.5) is 5.69 Å². The number of hydrogen-bond acceptors (Lipinski definition) is 4. The van der Waals surface area contributed by atoms with Crippen LogP contribution < -0.4 is 9.64 Å². The number of methoxy groups -OCH3 is 1. The molecule has 4 nitrogen and oxygen atoms in total. The van der Waals surface area contributed by atoms with Gasteiger partial charge in [0.05, 0.1) is 18.6 Å². The molecule has 2 aromatic carbocycles. The molecular formula is C21H26N2O2S. The van der Waals surface area contributed by atoms with Gasteiger partial charge < -0.3 is 14.5 Å². The molecule has 0 saturated carbocycles. The second-order valence-corrected chi connectivity index (χ2v) is 7.61. The lowest BCUT2D eigenvalue weighted by molar-refractivity contribution is -0.128. The molecule has 1 aliphatic rings. The predicted molar refractivity (Wildman–Crippen MR) is 108 cm³/mol. The van der Waals surface area contributed by atoms with Crippen LogP contribution >= 0.6 is 11.8 Å². The number of piperazine rings is 1. The number of aryl methyl sites for hydroxylation is 2. The highest BCUT2D eigenvalue weighted by Gasteiger charge is 2.22. The van der Waals surface area contributed by atoms with E-state index in [1.165, 1.54) is 16.0 Å². The molecule has 0 atom stereocenters. The molecule has 1 aliphatic heterocycles. The van der Waals surface area contributed by atoms with Crippen molar-refractivity contribution in [2.24, 2.45) is 0 Å². The number of carbonyl (C=O) groups excluding carboxylic acids is 1. The van der Waals surface area contributed by atoms with Gasteiger partial charge in [-0.15, -0.1) is 11.8 Å². The van der Waals surface area contributed by atoms with E-state index in [1.54, 1.807) is 18.9 Å². The molecule has 138 valence electrons. The third kappa shape index (κ3) is 4.33. The quantitative estimate of drug-likeness (QED) is 0.751. The van der Waals surface area contributed by atoms with Crippen molar-refractivity contribution in [2.45, 2.75) is 18.7 Å². The van der Waals surface area contributed by atoms with E-state index in [2.05, 4.69) is 43.0 Å². The molecule has 0 unspecified atom stereocenters. The number of nitrogens with zero attached hydrogens (tertiary/aromatic N) is 2. The van der Waals surface area contributed by atoms with Gasteiger partial charge in [-0.2, -0.15) is 0 Å². The number of thioether (sulfide) groups is 1. The first-order chi connectivity index (χ1) is 12.6. The molecule has 0 N–H and O–H groups in total. The number of rotatable bonds is 5. The third-order valence-electron chi connectivity index (χ3n) is 4.74. The Morgan fingerprint density at radius 2 is 1.81 bits per heavy atom. The van der Waals surface area contributed by atoms with Gasteiger partial charge in [-0.25, -0.2) is 0 Å². The van der Waals surface area contributed by atoms with Gasteiger partial charge in [-0.3, -0.25) is 4.79 Å². The summed E-state index contributed by atoms with van der Waals surface area (Å²) in [6.07, 6.45) is 0. The fourth-order valence-corrected chi connectivity index (χ4v) is 4.19. The zero-order valence-corrected chi connectivity index (χ0v) is 16.5. The van der Waals surface area contributed by atoms with E-state index in [-0.39, 0.29) is 5.91 Å². The molecule has 0 bridgehead atoms. The summed E-state index contributed by atoms with van der Waals surface area (Å²) < 4.78 is 5.45. The fraction of sp³-hybridized carbons (Fsp3) is 0.381. The highest BCUT2D eigenvalue weighted by molar-refractivity contribution is 8.00. The smallest absolute Gasteiger partial charge is 0.233 e. The minimum Gasteiger partial charge on any atom is -0.495 e. The maximum absolute atomic E-state index is 12.6. The van der Waals surface area contributed by atoms with Crippen LogP contribution in [0.15, 0.2) is 47.4 Å². The summed E-state index contributed by atoms with van der Waals surface area (Å²) in [4.78, 5) is 18.0. The van der Waals surface area contributed by atoms with Crippen LogP contribution in [0.25, 0.3) is 0 Å². The SMILES string of the molecule is COc1ccccc1N1CCN(C(=O)CSc2ccc(C)cc2C)CC1. The van der Waals surface area contributed by atoms with E-state index in [4.69, 9.17) is 4.74 Å². The molecule has 1 saturated heterocycles. The lowest BCUT2D eigenvalue weighted by Crippen LogP contribution is -2.49. The number of ether oxygens (including phenoxy) is 1. The van der Waals surface area contributed by atoms with Crippen LogP contribution in [-0.2, 0) is 4.79 Å². The molecule has 1 fully saturated rings. The molecule has 0 aromatic heterocycles. The van der Waals surface area contributed by atoms with Crippen molar-refractivity contribution in [3.05, 3.63) is 53.6 Å². The predicted octanol–water partition coefficient (Wildman–Crippen LogP) is 3.75. The Kier molecular flexibility index (Phi) is 6.09. The summed E-state index contributed by atoms with van der Waals surface area (Å²) in [5.41, 5.74) is 3.60. The molecule has 0 aliphatic carbocycles. The Morgan fingerprint density at radius 3 is 2.50 bits per heavy atom. The Labute approximate surface area is 160 Å². The van der Waals surface area contributed by atoms with Gasteiger partial charge in [0.25, 0.3) is 0 Å². The second kappa shape index (κ2) is 8.49. The van der Waals surface area contributed by atoms with Crippen molar-refractivity contribution < 1.29 is 9.53 Å². The Morgan fingerprint density at radius 1 is 1.08 bits per heavy atom. The summed E-state index contributed by atoms with van der Waals surface area (Å²) in [5.74, 6) is 1.60. The average Bonchev–Trinajstić information content (AvgIpc) is 2.67. The molecule has 0 radical (unpaired) electrons. The van der Waals surface area contributed by atoms with Gasteiger partial charge in [-0.05, 0) is 37.6 Å². The first-order valence-corrected chi connectivity index (χ1v) is 9.93. The molecule has 1 amide bonds. The molecule has 0 spiro atoms. The van der Waals surface area contributed by atoms with Crippen LogP contribution in [0.3, 0.4) is 0 Å². The van der Waals surface area contributed by atoms with Gasteiger partial charge >= 0.3 is 0 Å². The van der Waals surface area contributed by atoms with Crippen LogP contribution in [0.2, 0.25) is 0 Å². The lowest BCUT2D eigenvalue weighted by atomic mass is 10.2. The molecule has 26 heavy (non-hydrogen) atoms. The Balaban J connectivity index is 1.53. The average molecular weight is 371 g/mol. The van der Waals surface area contributed by atoms with Crippen molar-refractivity contribution in [3.63, 3.8) is 0 Å². The van der Waals surface area contributed by atoms with Gasteiger partial charge in [0.2, 0.25) is 5.91 Å². The molecule has 1 heterocycles. The van der Waals surface area contributed by atoms with E-state index in [0.29, 0.717) is 5.75 Å². The minimum atomic E-state index is 0.217. The number of para-hydroxylation sites is 2.